The van der Waals surface area contributed by atoms with Crippen LogP contribution in [-0.2, 0) is 6.42 Å². The van der Waals surface area contributed by atoms with Crippen LogP contribution in [0.5, 0.6) is 0 Å². The van der Waals surface area contributed by atoms with Crippen molar-refractivity contribution in [2.45, 2.75) is 13.3 Å². The number of aryl methyl sites for hydroxylation is 1. The summed E-state index contributed by atoms with van der Waals surface area (Å²) < 4.78 is 5.18. The molecule has 1 aromatic heterocycles. The summed E-state index contributed by atoms with van der Waals surface area (Å²) in [5.41, 5.74) is 2.21. The highest BCUT2D eigenvalue weighted by molar-refractivity contribution is 5.22. The Morgan fingerprint density at radius 3 is 2.73 bits per heavy atom. The molecular weight excluding hydrogens is 188 g/mol. The number of nitrogens with one attached hydrogen (secondary N) is 1. The summed E-state index contributed by atoms with van der Waals surface area (Å²) in [4.78, 5) is 4.16. The highest BCUT2D eigenvalue weighted by atomic mass is 16.4. The molecular formula is C12H14N2O. The van der Waals surface area contributed by atoms with E-state index in [9.17, 15) is 0 Å². The summed E-state index contributed by atoms with van der Waals surface area (Å²) in [6.45, 7) is 2.75. The number of anilines is 1. The van der Waals surface area contributed by atoms with Gasteiger partial charge in [-0.25, -0.2) is 0 Å². The zero-order valence-electron chi connectivity index (χ0n) is 8.73. The van der Waals surface area contributed by atoms with Crippen molar-refractivity contribution in [2.24, 2.45) is 0 Å². The van der Waals surface area contributed by atoms with Crippen LogP contribution in [-0.4, -0.2) is 11.5 Å². The van der Waals surface area contributed by atoms with Crippen LogP contribution < -0.4 is 5.32 Å². The van der Waals surface area contributed by atoms with E-state index in [4.69, 9.17) is 4.42 Å². The first-order chi connectivity index (χ1) is 7.34. The maximum Gasteiger partial charge on any atom is 0.294 e. The lowest BCUT2D eigenvalue weighted by atomic mass is 10.1. The van der Waals surface area contributed by atoms with Crippen LogP contribution in [0.3, 0.4) is 0 Å². The van der Waals surface area contributed by atoms with Gasteiger partial charge in [0.2, 0.25) is 0 Å². The van der Waals surface area contributed by atoms with Gasteiger partial charge >= 0.3 is 0 Å². The van der Waals surface area contributed by atoms with Crippen molar-refractivity contribution in [3.05, 3.63) is 47.9 Å². The van der Waals surface area contributed by atoms with E-state index in [0.717, 1.165) is 18.7 Å². The van der Waals surface area contributed by atoms with Crippen LogP contribution in [0.25, 0.3) is 0 Å². The minimum atomic E-state index is 0.600. The number of benzene rings is 1. The second-order valence-corrected chi connectivity index (χ2v) is 3.46. The van der Waals surface area contributed by atoms with Crippen molar-refractivity contribution < 1.29 is 4.42 Å². The van der Waals surface area contributed by atoms with Gasteiger partial charge in [0.05, 0.1) is 5.69 Å². The van der Waals surface area contributed by atoms with E-state index < -0.39 is 0 Å². The second-order valence-electron chi connectivity index (χ2n) is 3.46. The fraction of sp³-hybridized carbons (Fsp3) is 0.250. The predicted octanol–water partition coefficient (Wildman–Crippen LogP) is 2.64. The lowest BCUT2D eigenvalue weighted by Gasteiger charge is -2.01. The molecule has 3 nitrogen and oxygen atoms in total. The number of hydrogen-bond acceptors (Lipinski definition) is 3. The van der Waals surface area contributed by atoms with E-state index in [2.05, 4.69) is 22.4 Å². The van der Waals surface area contributed by atoms with Crippen molar-refractivity contribution in [1.29, 1.82) is 0 Å². The van der Waals surface area contributed by atoms with Crippen LogP contribution in [0.4, 0.5) is 6.01 Å². The molecule has 1 heterocycles. The molecule has 0 saturated heterocycles. The highest BCUT2D eigenvalue weighted by Gasteiger charge is 1.98. The Kier molecular flexibility index (Phi) is 3.02. The second kappa shape index (κ2) is 4.64. The third kappa shape index (κ3) is 2.84. The highest BCUT2D eigenvalue weighted by Crippen LogP contribution is 2.06. The summed E-state index contributed by atoms with van der Waals surface area (Å²) in [7, 11) is 0. The average molecular weight is 202 g/mol. The first-order valence-electron chi connectivity index (χ1n) is 5.04. The SMILES string of the molecule is Cc1coc(NCCc2ccccc2)n1. The van der Waals surface area contributed by atoms with Crippen molar-refractivity contribution >= 4 is 6.01 Å². The van der Waals surface area contributed by atoms with Crippen LogP contribution in [0, 0.1) is 6.92 Å². The molecule has 0 aliphatic carbocycles. The molecule has 0 atom stereocenters. The topological polar surface area (TPSA) is 38.1 Å². The molecule has 0 bridgehead atoms. The molecule has 0 fully saturated rings. The fourth-order valence-corrected chi connectivity index (χ4v) is 1.39. The summed E-state index contributed by atoms with van der Waals surface area (Å²) in [5.74, 6) is 0. The number of hydrogen-bond donors (Lipinski definition) is 1. The fourth-order valence-electron chi connectivity index (χ4n) is 1.39. The molecule has 15 heavy (non-hydrogen) atoms. The molecule has 2 aromatic rings. The summed E-state index contributed by atoms with van der Waals surface area (Å²) in [6, 6.07) is 10.9. The third-order valence-electron chi connectivity index (χ3n) is 2.15. The van der Waals surface area contributed by atoms with E-state index in [1.54, 1.807) is 6.26 Å². The average Bonchev–Trinajstić information content (AvgIpc) is 2.66. The lowest BCUT2D eigenvalue weighted by molar-refractivity contribution is 0.570. The number of oxazole rings is 1. The number of aromatic nitrogens is 1. The van der Waals surface area contributed by atoms with E-state index in [-0.39, 0.29) is 0 Å². The lowest BCUT2D eigenvalue weighted by Crippen LogP contribution is -2.04. The van der Waals surface area contributed by atoms with Gasteiger partial charge in [-0.15, -0.1) is 0 Å². The van der Waals surface area contributed by atoms with E-state index in [1.807, 2.05) is 25.1 Å². The molecule has 0 spiro atoms. The molecule has 0 aliphatic heterocycles. The van der Waals surface area contributed by atoms with E-state index in [0.29, 0.717) is 6.01 Å². The van der Waals surface area contributed by atoms with Crippen LogP contribution in [0.1, 0.15) is 11.3 Å². The molecule has 1 aromatic carbocycles. The minimum absolute atomic E-state index is 0.600. The maximum atomic E-state index is 5.18. The molecule has 78 valence electrons. The first-order valence-corrected chi connectivity index (χ1v) is 5.04. The maximum absolute atomic E-state index is 5.18. The summed E-state index contributed by atoms with van der Waals surface area (Å²) >= 11 is 0. The van der Waals surface area contributed by atoms with Crippen molar-refractivity contribution in [3.63, 3.8) is 0 Å². The summed E-state index contributed by atoms with van der Waals surface area (Å²) in [5, 5.41) is 3.14. The van der Waals surface area contributed by atoms with Gasteiger partial charge in [0.1, 0.15) is 6.26 Å². The quantitative estimate of drug-likeness (QED) is 0.828. The van der Waals surface area contributed by atoms with Gasteiger partial charge in [0, 0.05) is 6.54 Å². The van der Waals surface area contributed by atoms with Crippen LogP contribution >= 0.6 is 0 Å². The van der Waals surface area contributed by atoms with Gasteiger partial charge in [-0.2, -0.15) is 4.98 Å². The molecule has 1 N–H and O–H groups in total. The van der Waals surface area contributed by atoms with Gasteiger partial charge in [0.25, 0.3) is 6.01 Å². The van der Waals surface area contributed by atoms with Crippen molar-refractivity contribution in [3.8, 4) is 0 Å². The Morgan fingerprint density at radius 1 is 1.27 bits per heavy atom. The Bertz CT molecular complexity index is 409. The first kappa shape index (κ1) is 9.77. The largest absolute Gasteiger partial charge is 0.432 e. The molecule has 0 saturated carbocycles. The minimum Gasteiger partial charge on any atom is -0.432 e. The van der Waals surface area contributed by atoms with E-state index in [1.165, 1.54) is 5.56 Å². The van der Waals surface area contributed by atoms with Crippen LogP contribution in [0.15, 0.2) is 41.0 Å². The number of rotatable bonds is 4. The molecule has 0 unspecified atom stereocenters. The summed E-state index contributed by atoms with van der Waals surface area (Å²) in [6.07, 6.45) is 2.62. The van der Waals surface area contributed by atoms with Gasteiger partial charge in [-0.3, -0.25) is 0 Å². The monoisotopic (exact) mass is 202 g/mol. The van der Waals surface area contributed by atoms with E-state index >= 15 is 0 Å². The zero-order valence-corrected chi connectivity index (χ0v) is 8.73. The zero-order chi connectivity index (χ0) is 10.5. The Labute approximate surface area is 89.1 Å². The molecule has 0 radical (unpaired) electrons. The van der Waals surface area contributed by atoms with Crippen molar-refractivity contribution in [2.75, 3.05) is 11.9 Å². The third-order valence-corrected chi connectivity index (χ3v) is 2.15. The van der Waals surface area contributed by atoms with Gasteiger partial charge in [0.15, 0.2) is 0 Å². The Balaban J connectivity index is 1.80. The standard InChI is InChI=1S/C12H14N2O/c1-10-9-15-12(14-10)13-8-7-11-5-3-2-4-6-11/h2-6,9H,7-8H2,1H3,(H,13,14). The predicted molar refractivity (Wildman–Crippen MR) is 59.9 cm³/mol. The van der Waals surface area contributed by atoms with Crippen molar-refractivity contribution in [1.82, 2.24) is 4.98 Å². The molecule has 3 heteroatoms. The molecule has 0 aliphatic rings. The molecule has 2 rings (SSSR count). The number of nitrogens with zero attached hydrogens (tertiary/aromatic N) is 1. The Hall–Kier alpha value is -1.77. The normalized spacial score (nSPS) is 10.2. The van der Waals surface area contributed by atoms with Crippen LogP contribution in [0.2, 0.25) is 0 Å². The smallest absolute Gasteiger partial charge is 0.294 e. The molecule has 0 amide bonds. The van der Waals surface area contributed by atoms with Gasteiger partial charge < -0.3 is 9.73 Å². The van der Waals surface area contributed by atoms with Gasteiger partial charge in [-0.1, -0.05) is 30.3 Å². The van der Waals surface area contributed by atoms with Gasteiger partial charge in [-0.05, 0) is 18.9 Å². The Morgan fingerprint density at radius 2 is 2.07 bits per heavy atom.